The Morgan fingerprint density at radius 2 is 2.04 bits per heavy atom. The normalized spacial score (nSPS) is 13.1. The molecule has 0 saturated carbocycles. The van der Waals surface area contributed by atoms with Gasteiger partial charge in [-0.15, -0.1) is 0 Å². The average molecular weight is 413 g/mol. The topological polar surface area (TPSA) is 69.4 Å². The molecule has 1 atom stereocenters. The van der Waals surface area contributed by atoms with Crippen LogP contribution in [0.3, 0.4) is 0 Å². The van der Waals surface area contributed by atoms with E-state index in [-0.39, 0.29) is 29.3 Å². The van der Waals surface area contributed by atoms with Crippen LogP contribution in [0.4, 0.5) is 13.2 Å². The number of fused-ring (bicyclic) bond motifs is 1. The number of Topliss-reactive ketones (excluding diaryl/α,β-unsaturated/α-hetero) is 1. The van der Waals surface area contributed by atoms with E-state index in [4.69, 9.17) is 16.3 Å². The summed E-state index contributed by atoms with van der Waals surface area (Å²) in [5.74, 6) is -0.275. The first-order valence-corrected chi connectivity index (χ1v) is 8.66. The number of halogens is 4. The van der Waals surface area contributed by atoms with Crippen molar-refractivity contribution in [3.8, 4) is 0 Å². The Labute approximate surface area is 163 Å². The summed E-state index contributed by atoms with van der Waals surface area (Å²) in [5.41, 5.74) is 0.893. The van der Waals surface area contributed by atoms with Crippen LogP contribution in [0, 0.1) is 0 Å². The lowest BCUT2D eigenvalue weighted by Crippen LogP contribution is -2.15. The van der Waals surface area contributed by atoms with Crippen LogP contribution in [0.5, 0.6) is 0 Å². The van der Waals surface area contributed by atoms with Crippen molar-refractivity contribution in [2.24, 2.45) is 0 Å². The Morgan fingerprint density at radius 3 is 2.71 bits per heavy atom. The number of rotatable bonds is 6. The second-order valence-electron chi connectivity index (χ2n) is 6.22. The molecule has 0 aliphatic heterocycles. The van der Waals surface area contributed by atoms with Gasteiger partial charge < -0.3 is 4.74 Å². The van der Waals surface area contributed by atoms with Crippen molar-refractivity contribution in [2.45, 2.75) is 32.0 Å². The highest BCUT2D eigenvalue weighted by Crippen LogP contribution is 2.28. The first-order chi connectivity index (χ1) is 13.2. The van der Waals surface area contributed by atoms with E-state index in [9.17, 15) is 18.0 Å². The summed E-state index contributed by atoms with van der Waals surface area (Å²) in [6.45, 7) is 1.79. The third kappa shape index (κ3) is 4.31. The number of carbonyl (C=O) groups excluding carboxylic acids is 1. The van der Waals surface area contributed by atoms with Gasteiger partial charge in [-0.3, -0.25) is 9.78 Å². The molecular weight excluding hydrogens is 397 g/mol. The van der Waals surface area contributed by atoms with Crippen LogP contribution in [-0.2, 0) is 28.5 Å². The highest BCUT2D eigenvalue weighted by Gasteiger charge is 2.32. The molecule has 0 fully saturated rings. The molecular formula is C18H16ClF3N4O2. The van der Waals surface area contributed by atoms with Gasteiger partial charge in [-0.2, -0.15) is 18.3 Å². The molecule has 10 heteroatoms. The monoisotopic (exact) mass is 412 g/mol. The van der Waals surface area contributed by atoms with E-state index in [2.05, 4.69) is 15.1 Å². The largest absolute Gasteiger partial charge is 0.433 e. The van der Waals surface area contributed by atoms with Crippen molar-refractivity contribution >= 4 is 23.0 Å². The predicted molar refractivity (Wildman–Crippen MR) is 95.1 cm³/mol. The van der Waals surface area contributed by atoms with E-state index in [0.29, 0.717) is 16.9 Å². The molecule has 3 heterocycles. The molecule has 0 N–H and O–H groups in total. The number of carbonyl (C=O) groups is 1. The Morgan fingerprint density at radius 1 is 1.29 bits per heavy atom. The molecule has 0 radical (unpaired) electrons. The third-order valence-electron chi connectivity index (χ3n) is 4.21. The van der Waals surface area contributed by atoms with Gasteiger partial charge in [-0.1, -0.05) is 11.6 Å². The lowest BCUT2D eigenvalue weighted by Gasteiger charge is -2.16. The van der Waals surface area contributed by atoms with Gasteiger partial charge in [-0.05, 0) is 24.6 Å². The summed E-state index contributed by atoms with van der Waals surface area (Å²) in [6, 6.07) is 3.85. The second kappa shape index (κ2) is 7.84. The molecule has 3 rings (SSSR count). The molecule has 0 aromatic carbocycles. The maximum atomic E-state index is 12.8. The van der Waals surface area contributed by atoms with Gasteiger partial charge >= 0.3 is 6.18 Å². The zero-order valence-corrected chi connectivity index (χ0v) is 15.8. The predicted octanol–water partition coefficient (Wildman–Crippen LogP) is 3.86. The minimum Gasteiger partial charge on any atom is -0.375 e. The van der Waals surface area contributed by atoms with Crippen LogP contribution in [0.2, 0.25) is 5.15 Å². The number of hydrogen-bond donors (Lipinski definition) is 0. The molecule has 0 aliphatic rings. The van der Waals surface area contributed by atoms with Crippen LogP contribution >= 0.6 is 11.6 Å². The van der Waals surface area contributed by atoms with Crippen molar-refractivity contribution in [2.75, 3.05) is 7.11 Å². The van der Waals surface area contributed by atoms with Crippen LogP contribution in [0.1, 0.15) is 35.5 Å². The molecule has 0 bridgehead atoms. The first kappa shape index (κ1) is 20.2. The van der Waals surface area contributed by atoms with Gasteiger partial charge in [0.1, 0.15) is 11.5 Å². The molecule has 6 nitrogen and oxygen atoms in total. The number of nitrogens with zero attached hydrogens (tertiary/aromatic N) is 4. The molecule has 3 aromatic rings. The minimum atomic E-state index is -4.56. The molecule has 0 spiro atoms. The van der Waals surface area contributed by atoms with Gasteiger partial charge in [0.25, 0.3) is 0 Å². The molecule has 0 aliphatic carbocycles. The van der Waals surface area contributed by atoms with Crippen LogP contribution < -0.4 is 0 Å². The summed E-state index contributed by atoms with van der Waals surface area (Å²) in [5, 5.41) is 4.41. The lowest BCUT2D eigenvalue weighted by atomic mass is 10.0. The zero-order chi connectivity index (χ0) is 20.5. The molecule has 28 heavy (non-hydrogen) atoms. The summed E-state index contributed by atoms with van der Waals surface area (Å²) < 4.78 is 45.3. The fraction of sp³-hybridized carbons (Fsp3) is 0.333. The van der Waals surface area contributed by atoms with E-state index >= 15 is 0 Å². The SMILES string of the molecule is CO[C@H](C)c1c(CC(=O)Cc2ccnc(C(F)(F)F)c2)cnc2cc(Cl)nn12. The molecule has 0 amide bonds. The van der Waals surface area contributed by atoms with Crippen LogP contribution in [0.15, 0.2) is 30.6 Å². The Bertz CT molecular complexity index is 1020. The Balaban J connectivity index is 1.87. The van der Waals surface area contributed by atoms with Gasteiger partial charge in [0.05, 0.1) is 11.8 Å². The van der Waals surface area contributed by atoms with Crippen molar-refractivity contribution in [1.29, 1.82) is 0 Å². The lowest BCUT2D eigenvalue weighted by molar-refractivity contribution is -0.141. The van der Waals surface area contributed by atoms with E-state index in [0.717, 1.165) is 12.3 Å². The molecule has 0 unspecified atom stereocenters. The quantitative estimate of drug-likeness (QED) is 0.615. The number of methoxy groups -OCH3 is 1. The van der Waals surface area contributed by atoms with Gasteiger partial charge in [-0.25, -0.2) is 9.50 Å². The van der Waals surface area contributed by atoms with Gasteiger partial charge in [0.15, 0.2) is 10.8 Å². The molecule has 0 saturated heterocycles. The first-order valence-electron chi connectivity index (χ1n) is 8.28. The molecule has 3 aromatic heterocycles. The highest BCUT2D eigenvalue weighted by atomic mass is 35.5. The van der Waals surface area contributed by atoms with E-state index in [1.165, 1.54) is 23.9 Å². The van der Waals surface area contributed by atoms with Crippen molar-refractivity contribution < 1.29 is 22.7 Å². The van der Waals surface area contributed by atoms with Crippen molar-refractivity contribution in [3.63, 3.8) is 0 Å². The average Bonchev–Trinajstić information content (AvgIpc) is 3.00. The summed E-state index contributed by atoms with van der Waals surface area (Å²) in [7, 11) is 1.52. The maximum Gasteiger partial charge on any atom is 0.433 e. The van der Waals surface area contributed by atoms with Crippen molar-refractivity contribution in [3.05, 3.63) is 58.3 Å². The summed E-state index contributed by atoms with van der Waals surface area (Å²) in [6.07, 6.45) is -2.58. The number of ether oxygens (including phenoxy) is 1. The fourth-order valence-electron chi connectivity index (χ4n) is 2.88. The Hall–Kier alpha value is -2.52. The number of ketones is 1. The summed E-state index contributed by atoms with van der Waals surface area (Å²) in [4.78, 5) is 20.1. The second-order valence-corrected chi connectivity index (χ2v) is 6.61. The fourth-order valence-corrected chi connectivity index (χ4v) is 3.05. The highest BCUT2D eigenvalue weighted by molar-refractivity contribution is 6.29. The van der Waals surface area contributed by atoms with Gasteiger partial charge in [0.2, 0.25) is 0 Å². The maximum absolute atomic E-state index is 12.8. The van der Waals surface area contributed by atoms with E-state index < -0.39 is 18.0 Å². The molecule has 148 valence electrons. The van der Waals surface area contributed by atoms with Gasteiger partial charge in [0, 0.05) is 44.0 Å². The number of pyridine rings is 1. The number of alkyl halides is 3. The zero-order valence-electron chi connectivity index (χ0n) is 15.0. The van der Waals surface area contributed by atoms with Crippen molar-refractivity contribution in [1.82, 2.24) is 19.6 Å². The van der Waals surface area contributed by atoms with Crippen LogP contribution in [-0.4, -0.2) is 32.5 Å². The van der Waals surface area contributed by atoms with Crippen LogP contribution in [0.25, 0.3) is 5.65 Å². The summed E-state index contributed by atoms with van der Waals surface area (Å²) >= 11 is 5.94. The van der Waals surface area contributed by atoms with E-state index in [1.807, 2.05) is 0 Å². The number of aromatic nitrogens is 4. The Kier molecular flexibility index (Phi) is 5.66. The minimum absolute atomic E-state index is 0.0346. The van der Waals surface area contributed by atoms with E-state index in [1.54, 1.807) is 13.0 Å². The number of hydrogen-bond acceptors (Lipinski definition) is 5. The third-order valence-corrected chi connectivity index (χ3v) is 4.40. The smallest absolute Gasteiger partial charge is 0.375 e. The standard InChI is InChI=1S/C18H16ClF3N4O2/c1-10(28-2)17-12(9-24-16-8-15(19)25-26(16)17)7-13(27)5-11-3-4-23-14(6-11)18(20,21)22/h3-4,6,8-10H,5,7H2,1-2H3/t10-/m1/s1.